The van der Waals surface area contributed by atoms with Crippen LogP contribution < -0.4 is 5.73 Å². The Bertz CT molecular complexity index is 313. The van der Waals surface area contributed by atoms with Gasteiger partial charge in [-0.05, 0) is 18.0 Å². The van der Waals surface area contributed by atoms with Crippen molar-refractivity contribution in [2.45, 2.75) is 13.0 Å². The molecule has 1 rings (SSSR count). The average molecular weight is 162 g/mol. The van der Waals surface area contributed by atoms with Crippen LogP contribution >= 0.6 is 0 Å². The SMILES string of the molecule is CC(N)c1ccccc1N=[N+]=[N-]. The highest BCUT2D eigenvalue weighted by Gasteiger charge is 2.02. The average Bonchev–Trinajstić information content (AvgIpc) is 2.05. The predicted octanol–water partition coefficient (Wildman–Crippen LogP) is 2.65. The normalized spacial score (nSPS) is 11.8. The molecule has 0 bridgehead atoms. The highest BCUT2D eigenvalue weighted by Crippen LogP contribution is 2.23. The lowest BCUT2D eigenvalue weighted by Crippen LogP contribution is -2.04. The molecule has 0 radical (unpaired) electrons. The van der Waals surface area contributed by atoms with Gasteiger partial charge in [-0.15, -0.1) is 0 Å². The van der Waals surface area contributed by atoms with Crippen LogP contribution in [0.1, 0.15) is 18.5 Å². The van der Waals surface area contributed by atoms with Crippen molar-refractivity contribution >= 4 is 5.69 Å². The summed E-state index contributed by atoms with van der Waals surface area (Å²) in [6.45, 7) is 1.85. The number of rotatable bonds is 2. The first-order valence-corrected chi connectivity index (χ1v) is 3.65. The molecule has 1 aromatic rings. The zero-order chi connectivity index (χ0) is 8.97. The quantitative estimate of drug-likeness (QED) is 0.405. The van der Waals surface area contributed by atoms with E-state index < -0.39 is 0 Å². The minimum absolute atomic E-state index is 0.105. The summed E-state index contributed by atoms with van der Waals surface area (Å²) in [5.41, 5.74) is 15.4. The smallest absolute Gasteiger partial charge is 0.0422 e. The van der Waals surface area contributed by atoms with Gasteiger partial charge in [0.15, 0.2) is 0 Å². The van der Waals surface area contributed by atoms with E-state index in [1.807, 2.05) is 25.1 Å². The summed E-state index contributed by atoms with van der Waals surface area (Å²) >= 11 is 0. The van der Waals surface area contributed by atoms with Crippen molar-refractivity contribution in [1.82, 2.24) is 0 Å². The molecule has 0 heterocycles. The fraction of sp³-hybridized carbons (Fsp3) is 0.250. The molecule has 12 heavy (non-hydrogen) atoms. The van der Waals surface area contributed by atoms with Crippen molar-refractivity contribution in [1.29, 1.82) is 0 Å². The first-order chi connectivity index (χ1) is 5.75. The Labute approximate surface area is 70.6 Å². The Morgan fingerprint density at radius 3 is 2.75 bits per heavy atom. The molecule has 0 amide bonds. The number of nitrogens with zero attached hydrogens (tertiary/aromatic N) is 3. The zero-order valence-electron chi connectivity index (χ0n) is 6.81. The van der Waals surface area contributed by atoms with Crippen LogP contribution in [0.3, 0.4) is 0 Å². The molecular formula is C8H10N4. The third kappa shape index (κ3) is 1.75. The molecule has 0 aliphatic carbocycles. The fourth-order valence-corrected chi connectivity index (χ4v) is 1.01. The third-order valence-electron chi connectivity index (χ3n) is 1.58. The summed E-state index contributed by atoms with van der Waals surface area (Å²) in [4.78, 5) is 2.72. The van der Waals surface area contributed by atoms with Gasteiger partial charge in [0, 0.05) is 16.6 Å². The molecular weight excluding hydrogens is 152 g/mol. The van der Waals surface area contributed by atoms with Crippen molar-refractivity contribution in [2.24, 2.45) is 10.8 Å². The number of hydrogen-bond donors (Lipinski definition) is 1. The summed E-state index contributed by atoms with van der Waals surface area (Å²) in [5, 5.41) is 3.53. The van der Waals surface area contributed by atoms with Gasteiger partial charge in [-0.25, -0.2) is 0 Å². The van der Waals surface area contributed by atoms with Gasteiger partial charge in [-0.3, -0.25) is 0 Å². The second-order valence-electron chi connectivity index (χ2n) is 2.54. The molecule has 0 aliphatic heterocycles. The molecule has 62 valence electrons. The van der Waals surface area contributed by atoms with E-state index in [0.29, 0.717) is 5.69 Å². The second-order valence-corrected chi connectivity index (χ2v) is 2.54. The Hall–Kier alpha value is -1.51. The molecule has 1 aromatic carbocycles. The number of hydrogen-bond acceptors (Lipinski definition) is 2. The maximum absolute atomic E-state index is 8.24. The molecule has 0 aliphatic rings. The van der Waals surface area contributed by atoms with Crippen molar-refractivity contribution in [2.75, 3.05) is 0 Å². The van der Waals surface area contributed by atoms with Crippen molar-refractivity contribution < 1.29 is 0 Å². The molecule has 4 nitrogen and oxygen atoms in total. The first kappa shape index (κ1) is 8.59. The van der Waals surface area contributed by atoms with Gasteiger partial charge in [0.2, 0.25) is 0 Å². The van der Waals surface area contributed by atoms with Crippen LogP contribution in [0.4, 0.5) is 5.69 Å². The van der Waals surface area contributed by atoms with E-state index in [-0.39, 0.29) is 6.04 Å². The Morgan fingerprint density at radius 2 is 2.17 bits per heavy atom. The number of azide groups is 1. The molecule has 0 fully saturated rings. The Kier molecular flexibility index (Phi) is 2.69. The number of benzene rings is 1. The van der Waals surface area contributed by atoms with Gasteiger partial charge in [0.05, 0.1) is 0 Å². The topological polar surface area (TPSA) is 74.8 Å². The summed E-state index contributed by atoms with van der Waals surface area (Å²) in [6, 6.07) is 7.18. The van der Waals surface area contributed by atoms with E-state index in [1.165, 1.54) is 0 Å². The van der Waals surface area contributed by atoms with Crippen LogP contribution in [-0.2, 0) is 0 Å². The van der Waals surface area contributed by atoms with E-state index in [1.54, 1.807) is 6.07 Å². The standard InChI is InChI=1S/C8H10N4/c1-6(9)7-4-2-3-5-8(7)11-12-10/h2-6H,9H2,1H3. The van der Waals surface area contributed by atoms with Gasteiger partial charge in [0.1, 0.15) is 0 Å². The zero-order valence-corrected chi connectivity index (χ0v) is 6.81. The Balaban J connectivity index is 3.17. The molecule has 0 saturated carbocycles. The molecule has 4 heteroatoms. The summed E-state index contributed by atoms with van der Waals surface area (Å²) in [6.07, 6.45) is 0. The lowest BCUT2D eigenvalue weighted by molar-refractivity contribution is 0.818. The minimum Gasteiger partial charge on any atom is -0.324 e. The lowest BCUT2D eigenvalue weighted by Gasteiger charge is -2.07. The van der Waals surface area contributed by atoms with E-state index in [2.05, 4.69) is 10.0 Å². The number of nitrogens with two attached hydrogens (primary N) is 1. The summed E-state index contributed by atoms with van der Waals surface area (Å²) in [7, 11) is 0. The highest BCUT2D eigenvalue weighted by molar-refractivity contribution is 5.46. The van der Waals surface area contributed by atoms with E-state index >= 15 is 0 Å². The van der Waals surface area contributed by atoms with Crippen molar-refractivity contribution in [3.63, 3.8) is 0 Å². The van der Waals surface area contributed by atoms with Crippen molar-refractivity contribution in [3.05, 3.63) is 40.3 Å². The van der Waals surface area contributed by atoms with Crippen molar-refractivity contribution in [3.8, 4) is 0 Å². The van der Waals surface area contributed by atoms with Gasteiger partial charge >= 0.3 is 0 Å². The minimum atomic E-state index is -0.105. The Morgan fingerprint density at radius 1 is 1.50 bits per heavy atom. The molecule has 0 spiro atoms. The molecule has 0 saturated heterocycles. The lowest BCUT2D eigenvalue weighted by atomic mass is 10.1. The molecule has 1 unspecified atom stereocenters. The van der Waals surface area contributed by atoms with Crippen LogP contribution in [0.2, 0.25) is 0 Å². The predicted molar refractivity (Wildman–Crippen MR) is 47.9 cm³/mol. The van der Waals surface area contributed by atoms with Crippen LogP contribution in [0, 0.1) is 0 Å². The fourth-order valence-electron chi connectivity index (χ4n) is 1.01. The highest BCUT2D eigenvalue weighted by atomic mass is 15.1. The monoisotopic (exact) mass is 162 g/mol. The summed E-state index contributed by atoms with van der Waals surface area (Å²) in [5.74, 6) is 0. The second kappa shape index (κ2) is 3.76. The van der Waals surface area contributed by atoms with Gasteiger partial charge in [0.25, 0.3) is 0 Å². The summed E-state index contributed by atoms with van der Waals surface area (Å²) < 4.78 is 0. The third-order valence-corrected chi connectivity index (χ3v) is 1.58. The van der Waals surface area contributed by atoms with Gasteiger partial charge in [-0.2, -0.15) is 0 Å². The first-order valence-electron chi connectivity index (χ1n) is 3.65. The maximum Gasteiger partial charge on any atom is 0.0422 e. The maximum atomic E-state index is 8.24. The van der Waals surface area contributed by atoms with Crippen LogP contribution in [0.25, 0.3) is 10.4 Å². The van der Waals surface area contributed by atoms with Crippen LogP contribution in [0.5, 0.6) is 0 Å². The van der Waals surface area contributed by atoms with Crippen LogP contribution in [-0.4, -0.2) is 0 Å². The van der Waals surface area contributed by atoms with Crippen LogP contribution in [0.15, 0.2) is 29.4 Å². The van der Waals surface area contributed by atoms with E-state index in [0.717, 1.165) is 5.56 Å². The van der Waals surface area contributed by atoms with E-state index in [4.69, 9.17) is 11.3 Å². The van der Waals surface area contributed by atoms with Gasteiger partial charge < -0.3 is 5.73 Å². The van der Waals surface area contributed by atoms with Gasteiger partial charge in [-0.1, -0.05) is 29.4 Å². The molecule has 1 atom stereocenters. The largest absolute Gasteiger partial charge is 0.324 e. The molecule has 2 N–H and O–H groups in total. The molecule has 0 aromatic heterocycles. The van der Waals surface area contributed by atoms with E-state index in [9.17, 15) is 0 Å².